The number of Topliss-reactive ketones (excluding diaryl/α,β-unsaturated/α-hetero) is 1. The van der Waals surface area contributed by atoms with Crippen molar-refractivity contribution in [3.63, 3.8) is 0 Å². The van der Waals surface area contributed by atoms with Gasteiger partial charge >= 0.3 is 0 Å². The maximum absolute atomic E-state index is 13.5. The fraction of sp³-hybridized carbons (Fsp3) is 0.500. The Morgan fingerprint density at radius 2 is 1.97 bits per heavy atom. The molecule has 168 valence electrons. The van der Waals surface area contributed by atoms with E-state index in [2.05, 4.69) is 24.5 Å². The Morgan fingerprint density at radius 3 is 2.69 bits per heavy atom. The van der Waals surface area contributed by atoms with Crippen LogP contribution in [0.15, 0.2) is 41.0 Å². The van der Waals surface area contributed by atoms with Crippen LogP contribution in [-0.2, 0) is 16.0 Å². The first-order valence-corrected chi connectivity index (χ1v) is 11.1. The second kappa shape index (κ2) is 6.92. The van der Waals surface area contributed by atoms with E-state index in [1.54, 1.807) is 0 Å². The summed E-state index contributed by atoms with van der Waals surface area (Å²) in [5.41, 5.74) is 3.76. The lowest BCUT2D eigenvalue weighted by Crippen LogP contribution is -2.47. The van der Waals surface area contributed by atoms with E-state index in [1.807, 2.05) is 36.9 Å². The fourth-order valence-corrected chi connectivity index (χ4v) is 5.79. The fourth-order valence-electron chi connectivity index (χ4n) is 5.79. The van der Waals surface area contributed by atoms with Crippen molar-refractivity contribution in [2.24, 2.45) is 17.3 Å². The second-order valence-electron chi connectivity index (χ2n) is 10.4. The van der Waals surface area contributed by atoms with E-state index in [4.69, 9.17) is 0 Å². The Kier molecular flexibility index (Phi) is 4.48. The standard InChI is InChI=1S/C24H28N4O4/c1-12-5-6-16-14(7-12)8-15(23(30)26-16)19-20-17(9-24(3,4)10-18(20)29)27-11-13(2)25-22(27)21(19)28(31)32/h5-7,13,15,19,25H,8-11H2,1-4H3,(H,26,30). The van der Waals surface area contributed by atoms with Gasteiger partial charge in [-0.25, -0.2) is 0 Å². The molecule has 0 spiro atoms. The highest BCUT2D eigenvalue weighted by Crippen LogP contribution is 2.50. The predicted molar refractivity (Wildman–Crippen MR) is 119 cm³/mol. The van der Waals surface area contributed by atoms with E-state index < -0.39 is 16.8 Å². The molecule has 4 aliphatic rings. The molecule has 1 amide bonds. The lowest BCUT2D eigenvalue weighted by Gasteiger charge is -2.42. The van der Waals surface area contributed by atoms with Gasteiger partial charge in [-0.15, -0.1) is 0 Å². The van der Waals surface area contributed by atoms with E-state index in [0.29, 0.717) is 37.2 Å². The molecule has 8 heteroatoms. The average molecular weight is 437 g/mol. The lowest BCUT2D eigenvalue weighted by molar-refractivity contribution is -0.436. The Bertz CT molecular complexity index is 1130. The maximum Gasteiger partial charge on any atom is 0.294 e. The molecular weight excluding hydrogens is 408 g/mol. The number of carbonyl (C=O) groups excluding carboxylic acids is 2. The molecule has 0 saturated carbocycles. The van der Waals surface area contributed by atoms with E-state index in [-0.39, 0.29) is 28.8 Å². The van der Waals surface area contributed by atoms with Crippen molar-refractivity contribution in [2.45, 2.75) is 53.0 Å². The number of carbonyl (C=O) groups is 2. The largest absolute Gasteiger partial charge is 0.362 e. The number of hydrogen-bond donors (Lipinski definition) is 2. The summed E-state index contributed by atoms with van der Waals surface area (Å²) in [6.07, 6.45) is 1.34. The molecule has 3 atom stereocenters. The number of nitro groups is 1. The van der Waals surface area contributed by atoms with Gasteiger partial charge in [0.15, 0.2) is 11.6 Å². The minimum atomic E-state index is -0.874. The number of allylic oxidation sites excluding steroid dienone is 2. The lowest BCUT2D eigenvalue weighted by atomic mass is 9.67. The summed E-state index contributed by atoms with van der Waals surface area (Å²) in [6, 6.07) is 5.82. The molecule has 1 fully saturated rings. The highest BCUT2D eigenvalue weighted by atomic mass is 16.6. The zero-order valence-corrected chi connectivity index (χ0v) is 18.8. The van der Waals surface area contributed by atoms with Crippen molar-refractivity contribution < 1.29 is 14.5 Å². The summed E-state index contributed by atoms with van der Waals surface area (Å²) in [4.78, 5) is 40.6. The van der Waals surface area contributed by atoms with Crippen LogP contribution in [0.4, 0.5) is 5.69 Å². The number of nitrogens with one attached hydrogen (secondary N) is 2. The van der Waals surface area contributed by atoms with Crippen molar-refractivity contribution in [3.05, 3.63) is 62.2 Å². The first-order chi connectivity index (χ1) is 15.1. The Balaban J connectivity index is 1.69. The van der Waals surface area contributed by atoms with Gasteiger partial charge in [0.05, 0.1) is 16.8 Å². The molecule has 32 heavy (non-hydrogen) atoms. The van der Waals surface area contributed by atoms with Gasteiger partial charge in [0, 0.05) is 36.0 Å². The number of benzene rings is 1. The Morgan fingerprint density at radius 1 is 1.22 bits per heavy atom. The van der Waals surface area contributed by atoms with Crippen LogP contribution in [0.25, 0.3) is 0 Å². The first-order valence-electron chi connectivity index (χ1n) is 11.1. The highest BCUT2D eigenvalue weighted by Gasteiger charge is 2.54. The van der Waals surface area contributed by atoms with Crippen LogP contribution in [0.5, 0.6) is 0 Å². The van der Waals surface area contributed by atoms with Gasteiger partial charge in [-0.3, -0.25) is 19.7 Å². The minimum absolute atomic E-state index is 0.0103. The van der Waals surface area contributed by atoms with Crippen LogP contribution in [0.1, 0.15) is 44.7 Å². The van der Waals surface area contributed by atoms with Crippen LogP contribution in [-0.4, -0.2) is 34.1 Å². The predicted octanol–water partition coefficient (Wildman–Crippen LogP) is 3.12. The van der Waals surface area contributed by atoms with E-state index in [0.717, 1.165) is 22.5 Å². The number of anilines is 1. The molecule has 3 unspecified atom stereocenters. The zero-order valence-electron chi connectivity index (χ0n) is 18.8. The summed E-state index contributed by atoms with van der Waals surface area (Å²) >= 11 is 0. The van der Waals surface area contributed by atoms with Crippen LogP contribution < -0.4 is 10.6 Å². The van der Waals surface area contributed by atoms with Gasteiger partial charge in [0.2, 0.25) is 5.91 Å². The van der Waals surface area contributed by atoms with Crippen LogP contribution in [0.2, 0.25) is 0 Å². The van der Waals surface area contributed by atoms with Crippen molar-refractivity contribution in [2.75, 3.05) is 11.9 Å². The quantitative estimate of drug-likeness (QED) is 0.545. The minimum Gasteiger partial charge on any atom is -0.362 e. The Labute approximate surface area is 186 Å². The van der Waals surface area contributed by atoms with E-state index >= 15 is 0 Å². The van der Waals surface area contributed by atoms with Crippen LogP contribution in [0.3, 0.4) is 0 Å². The third kappa shape index (κ3) is 3.12. The van der Waals surface area contributed by atoms with Crippen LogP contribution in [0, 0.1) is 34.3 Å². The molecule has 1 saturated heterocycles. The van der Waals surface area contributed by atoms with E-state index in [9.17, 15) is 19.7 Å². The molecule has 1 aromatic carbocycles. The van der Waals surface area contributed by atoms with Crippen molar-refractivity contribution >= 4 is 17.4 Å². The molecule has 1 aliphatic carbocycles. The molecule has 0 bridgehead atoms. The number of aryl methyl sites for hydroxylation is 1. The third-order valence-corrected chi connectivity index (χ3v) is 7.07. The number of fused-ring (bicyclic) bond motifs is 3. The zero-order chi connectivity index (χ0) is 22.9. The summed E-state index contributed by atoms with van der Waals surface area (Å²) < 4.78 is 0. The molecule has 5 rings (SSSR count). The smallest absolute Gasteiger partial charge is 0.294 e. The third-order valence-electron chi connectivity index (χ3n) is 7.07. The van der Waals surface area contributed by atoms with Crippen molar-refractivity contribution in [1.82, 2.24) is 10.2 Å². The normalized spacial score (nSPS) is 28.6. The number of rotatable bonds is 2. The second-order valence-corrected chi connectivity index (χ2v) is 10.4. The number of hydrogen-bond acceptors (Lipinski definition) is 6. The molecule has 0 aromatic heterocycles. The molecule has 2 N–H and O–H groups in total. The van der Waals surface area contributed by atoms with Crippen molar-refractivity contribution in [3.8, 4) is 0 Å². The molecule has 3 aliphatic heterocycles. The van der Waals surface area contributed by atoms with Gasteiger partial charge < -0.3 is 15.5 Å². The average Bonchev–Trinajstić information content (AvgIpc) is 3.07. The summed E-state index contributed by atoms with van der Waals surface area (Å²) in [6.45, 7) is 8.62. The molecule has 8 nitrogen and oxygen atoms in total. The highest BCUT2D eigenvalue weighted by molar-refractivity contribution is 6.02. The molecular formula is C24H28N4O4. The van der Waals surface area contributed by atoms with Gasteiger partial charge in [0.1, 0.15) is 0 Å². The van der Waals surface area contributed by atoms with Gasteiger partial charge in [0.25, 0.3) is 5.70 Å². The van der Waals surface area contributed by atoms with E-state index in [1.165, 1.54) is 0 Å². The number of amides is 1. The molecule has 3 heterocycles. The summed E-state index contributed by atoms with van der Waals surface area (Å²) in [5.74, 6) is -1.49. The monoisotopic (exact) mass is 436 g/mol. The number of ketones is 1. The topological polar surface area (TPSA) is 105 Å². The summed E-state index contributed by atoms with van der Waals surface area (Å²) in [7, 11) is 0. The van der Waals surface area contributed by atoms with Crippen molar-refractivity contribution in [1.29, 1.82) is 0 Å². The number of nitrogens with zero attached hydrogens (tertiary/aromatic N) is 2. The first kappa shape index (κ1) is 20.7. The van der Waals surface area contributed by atoms with Gasteiger partial charge in [-0.05, 0) is 43.7 Å². The van der Waals surface area contributed by atoms with Gasteiger partial charge in [-0.2, -0.15) is 0 Å². The van der Waals surface area contributed by atoms with Crippen LogP contribution >= 0.6 is 0 Å². The molecule has 0 radical (unpaired) electrons. The molecule has 1 aromatic rings. The Hall–Kier alpha value is -3.16. The SMILES string of the molecule is Cc1ccc2c(c1)CC(C1C3=C(CC(C)(C)CC3=O)N3CC(C)NC3=C1[N+](=O)[O-])C(=O)N2. The van der Waals surface area contributed by atoms with Gasteiger partial charge in [-0.1, -0.05) is 31.5 Å². The maximum atomic E-state index is 13.5. The summed E-state index contributed by atoms with van der Waals surface area (Å²) in [5, 5.41) is 18.6.